The molecule has 20 heavy (non-hydrogen) atoms. The second-order valence-corrected chi connectivity index (χ2v) is 5.40. The van der Waals surface area contributed by atoms with Crippen molar-refractivity contribution in [3.8, 4) is 5.75 Å². The Hall–Kier alpha value is -1.60. The number of nitrogens with zero attached hydrogens (tertiary/aromatic N) is 1. The van der Waals surface area contributed by atoms with Crippen molar-refractivity contribution in [1.29, 1.82) is 0 Å². The molecule has 1 aromatic rings. The van der Waals surface area contributed by atoms with E-state index < -0.39 is 24.0 Å². The summed E-state index contributed by atoms with van der Waals surface area (Å²) < 4.78 is 5.61. The van der Waals surface area contributed by atoms with Gasteiger partial charge in [-0.3, -0.25) is 4.79 Å². The van der Waals surface area contributed by atoms with Gasteiger partial charge >= 0.3 is 5.97 Å². The molecular formula is C13H14BrNO5. The molecule has 0 aliphatic carbocycles. The Balaban J connectivity index is 2.33. The minimum absolute atomic E-state index is 0.0133. The van der Waals surface area contributed by atoms with Crippen molar-refractivity contribution in [2.45, 2.75) is 18.6 Å². The molecule has 7 heteroatoms. The lowest BCUT2D eigenvalue weighted by molar-refractivity contribution is -0.141. The monoisotopic (exact) mass is 343 g/mol. The number of aliphatic carboxylic acids is 1. The first-order chi connectivity index (χ1) is 9.43. The summed E-state index contributed by atoms with van der Waals surface area (Å²) in [6.45, 7) is 0.0133. The zero-order chi connectivity index (χ0) is 14.9. The van der Waals surface area contributed by atoms with Crippen molar-refractivity contribution >= 4 is 27.8 Å². The average molecular weight is 344 g/mol. The lowest BCUT2D eigenvalue weighted by Crippen LogP contribution is -2.40. The van der Waals surface area contributed by atoms with Crippen LogP contribution in [0, 0.1) is 0 Å². The minimum atomic E-state index is -1.12. The van der Waals surface area contributed by atoms with Gasteiger partial charge < -0.3 is 19.8 Å². The van der Waals surface area contributed by atoms with E-state index in [0.29, 0.717) is 15.8 Å². The number of carbonyl (C=O) groups excluding carboxylic acids is 1. The quantitative estimate of drug-likeness (QED) is 0.858. The molecule has 1 amide bonds. The van der Waals surface area contributed by atoms with Gasteiger partial charge in [0.25, 0.3) is 5.91 Å². The molecule has 0 bridgehead atoms. The van der Waals surface area contributed by atoms with Crippen molar-refractivity contribution in [1.82, 2.24) is 4.90 Å². The maximum absolute atomic E-state index is 12.5. The Bertz CT molecular complexity index is 548. The molecule has 0 spiro atoms. The predicted molar refractivity (Wildman–Crippen MR) is 73.8 cm³/mol. The maximum atomic E-state index is 12.5. The van der Waals surface area contributed by atoms with Gasteiger partial charge in [0.2, 0.25) is 0 Å². The number of likely N-dealkylation sites (tertiary alicyclic amines) is 1. The van der Waals surface area contributed by atoms with Crippen LogP contribution in [0.2, 0.25) is 0 Å². The number of benzene rings is 1. The first-order valence-electron chi connectivity index (χ1n) is 5.99. The number of ether oxygens (including phenoxy) is 1. The van der Waals surface area contributed by atoms with Gasteiger partial charge in [0.1, 0.15) is 11.8 Å². The Kier molecular flexibility index (Phi) is 4.29. The molecule has 0 radical (unpaired) electrons. The van der Waals surface area contributed by atoms with E-state index in [0.717, 1.165) is 0 Å². The number of rotatable bonds is 3. The Morgan fingerprint density at radius 1 is 1.45 bits per heavy atom. The van der Waals surface area contributed by atoms with Crippen molar-refractivity contribution < 1.29 is 24.5 Å². The van der Waals surface area contributed by atoms with Crippen LogP contribution in [0.25, 0.3) is 0 Å². The number of halogens is 1. The third kappa shape index (κ3) is 2.78. The molecule has 1 saturated heterocycles. The number of β-amino-alcohol motifs (C(OH)–C–C–N with tert-alkyl or cyclic N) is 1. The number of carboxylic acids is 1. The van der Waals surface area contributed by atoms with E-state index in [2.05, 4.69) is 15.9 Å². The molecule has 1 heterocycles. The number of aliphatic hydroxyl groups is 1. The Labute approximate surface area is 124 Å². The Morgan fingerprint density at radius 2 is 2.15 bits per heavy atom. The molecule has 1 aliphatic heterocycles. The van der Waals surface area contributed by atoms with E-state index in [1.807, 2.05) is 0 Å². The topological polar surface area (TPSA) is 87.1 Å². The fourth-order valence-electron chi connectivity index (χ4n) is 2.22. The standard InChI is InChI=1S/C13H14BrNO5/c1-20-8-2-3-10(14)9(5-8)12(17)15-6-7(16)4-11(15)13(18)19/h2-3,5,7,11,16H,4,6H2,1H3,(H,18,19). The van der Waals surface area contributed by atoms with Crippen molar-refractivity contribution in [3.63, 3.8) is 0 Å². The van der Waals surface area contributed by atoms with Crippen molar-refractivity contribution in [3.05, 3.63) is 28.2 Å². The molecule has 1 aliphatic rings. The van der Waals surface area contributed by atoms with Gasteiger partial charge in [-0.15, -0.1) is 0 Å². The second-order valence-electron chi connectivity index (χ2n) is 4.55. The van der Waals surface area contributed by atoms with Gasteiger partial charge in [0, 0.05) is 17.4 Å². The van der Waals surface area contributed by atoms with Crippen LogP contribution in [0.4, 0.5) is 0 Å². The van der Waals surface area contributed by atoms with Crippen LogP contribution in [-0.2, 0) is 4.79 Å². The van der Waals surface area contributed by atoms with Crippen LogP contribution < -0.4 is 4.74 Å². The Morgan fingerprint density at radius 3 is 2.75 bits per heavy atom. The van der Waals surface area contributed by atoms with Crippen molar-refractivity contribution in [2.75, 3.05) is 13.7 Å². The molecule has 2 unspecified atom stereocenters. The molecule has 0 saturated carbocycles. The zero-order valence-corrected chi connectivity index (χ0v) is 12.3. The van der Waals surface area contributed by atoms with Gasteiger partial charge in [-0.2, -0.15) is 0 Å². The summed E-state index contributed by atoms with van der Waals surface area (Å²) in [4.78, 5) is 24.8. The number of amides is 1. The number of carboxylic acid groups (broad SMARTS) is 1. The molecule has 2 atom stereocenters. The van der Waals surface area contributed by atoms with Crippen LogP contribution in [0.1, 0.15) is 16.8 Å². The molecule has 0 aromatic heterocycles. The summed E-state index contributed by atoms with van der Waals surface area (Å²) in [5.41, 5.74) is 0.310. The smallest absolute Gasteiger partial charge is 0.326 e. The molecular weight excluding hydrogens is 330 g/mol. The first-order valence-corrected chi connectivity index (χ1v) is 6.78. The molecule has 1 fully saturated rings. The highest BCUT2D eigenvalue weighted by Crippen LogP contribution is 2.27. The first kappa shape index (κ1) is 14.8. The van der Waals surface area contributed by atoms with Gasteiger partial charge in [0.05, 0.1) is 18.8 Å². The van der Waals surface area contributed by atoms with Crippen LogP contribution in [0.15, 0.2) is 22.7 Å². The van der Waals surface area contributed by atoms with Gasteiger partial charge in [-0.05, 0) is 34.1 Å². The third-order valence-corrected chi connectivity index (χ3v) is 3.92. The van der Waals surface area contributed by atoms with E-state index in [1.54, 1.807) is 12.1 Å². The fraction of sp³-hybridized carbons (Fsp3) is 0.385. The fourth-order valence-corrected chi connectivity index (χ4v) is 2.64. The van der Waals surface area contributed by atoms with Gasteiger partial charge in [0.15, 0.2) is 0 Å². The van der Waals surface area contributed by atoms with E-state index in [1.165, 1.54) is 18.1 Å². The highest BCUT2D eigenvalue weighted by molar-refractivity contribution is 9.10. The zero-order valence-electron chi connectivity index (χ0n) is 10.7. The number of carbonyl (C=O) groups is 2. The van der Waals surface area contributed by atoms with Crippen LogP contribution in [0.5, 0.6) is 5.75 Å². The van der Waals surface area contributed by atoms with E-state index in [4.69, 9.17) is 9.84 Å². The van der Waals surface area contributed by atoms with Crippen LogP contribution in [-0.4, -0.2) is 52.8 Å². The summed E-state index contributed by atoms with van der Waals surface area (Å²) in [6.07, 6.45) is -0.771. The van der Waals surface area contributed by atoms with Gasteiger partial charge in [-0.25, -0.2) is 4.79 Å². The average Bonchev–Trinajstić information content (AvgIpc) is 2.81. The summed E-state index contributed by atoms with van der Waals surface area (Å²) >= 11 is 3.27. The maximum Gasteiger partial charge on any atom is 0.326 e. The molecule has 1 aromatic carbocycles. The van der Waals surface area contributed by atoms with E-state index >= 15 is 0 Å². The minimum Gasteiger partial charge on any atom is -0.497 e. The highest BCUT2D eigenvalue weighted by Gasteiger charge is 2.39. The van der Waals surface area contributed by atoms with E-state index in [-0.39, 0.29) is 13.0 Å². The predicted octanol–water partition coefficient (Wildman–Crippen LogP) is 1.12. The highest BCUT2D eigenvalue weighted by atomic mass is 79.9. The second kappa shape index (κ2) is 5.80. The van der Waals surface area contributed by atoms with Gasteiger partial charge in [-0.1, -0.05) is 0 Å². The number of hydrogen-bond acceptors (Lipinski definition) is 4. The normalized spacial score (nSPS) is 21.9. The summed E-state index contributed by atoms with van der Waals surface area (Å²) in [5, 5.41) is 18.7. The molecule has 108 valence electrons. The number of aliphatic hydroxyl groups excluding tert-OH is 1. The summed E-state index contributed by atoms with van der Waals surface area (Å²) in [5.74, 6) is -1.06. The van der Waals surface area contributed by atoms with Crippen LogP contribution >= 0.6 is 15.9 Å². The van der Waals surface area contributed by atoms with E-state index in [9.17, 15) is 14.7 Å². The van der Waals surface area contributed by atoms with Crippen molar-refractivity contribution in [2.24, 2.45) is 0 Å². The molecule has 2 N–H and O–H groups in total. The summed E-state index contributed by atoms with van der Waals surface area (Å²) in [6, 6.07) is 3.88. The summed E-state index contributed by atoms with van der Waals surface area (Å²) in [7, 11) is 1.48. The lowest BCUT2D eigenvalue weighted by atomic mass is 10.1. The number of methoxy groups -OCH3 is 1. The third-order valence-electron chi connectivity index (χ3n) is 3.23. The molecule has 6 nitrogen and oxygen atoms in total. The number of hydrogen-bond donors (Lipinski definition) is 2. The SMILES string of the molecule is COc1ccc(Br)c(C(=O)N2CC(O)CC2C(=O)O)c1. The lowest BCUT2D eigenvalue weighted by Gasteiger charge is -2.22. The molecule has 2 rings (SSSR count). The largest absolute Gasteiger partial charge is 0.497 e. The van der Waals surface area contributed by atoms with Crippen LogP contribution in [0.3, 0.4) is 0 Å².